The molecule has 1 aromatic carbocycles. The first kappa shape index (κ1) is 16.9. The highest BCUT2D eigenvalue weighted by Gasteiger charge is 2.14. The first-order chi connectivity index (χ1) is 10.5. The first-order valence-corrected chi connectivity index (χ1v) is 8.49. The van der Waals surface area contributed by atoms with Crippen LogP contribution in [0, 0.1) is 6.92 Å². The van der Waals surface area contributed by atoms with Crippen LogP contribution in [0.15, 0.2) is 18.2 Å². The fourth-order valence-corrected chi connectivity index (χ4v) is 2.86. The summed E-state index contributed by atoms with van der Waals surface area (Å²) in [5.41, 5.74) is 4.04. The summed E-state index contributed by atoms with van der Waals surface area (Å²) in [4.78, 5) is 0. The van der Waals surface area contributed by atoms with E-state index in [4.69, 9.17) is 4.74 Å². The van der Waals surface area contributed by atoms with Crippen molar-refractivity contribution in [3.63, 3.8) is 0 Å². The predicted octanol–water partition coefficient (Wildman–Crippen LogP) is 4.64. The Morgan fingerprint density at radius 2 is 1.91 bits per heavy atom. The van der Waals surface area contributed by atoms with E-state index in [0.717, 1.165) is 25.3 Å². The molecule has 1 aromatic heterocycles. The maximum absolute atomic E-state index is 6.01. The maximum atomic E-state index is 6.01. The SMILES string of the molecule is CCC(C)Oc1ccc2c(c1)c(CNC(C)C)c(C)n2CC. The lowest BCUT2D eigenvalue weighted by atomic mass is 10.1. The second-order valence-corrected chi connectivity index (χ2v) is 6.36. The van der Waals surface area contributed by atoms with E-state index >= 15 is 0 Å². The lowest BCUT2D eigenvalue weighted by molar-refractivity contribution is 0.217. The third-order valence-corrected chi connectivity index (χ3v) is 4.34. The molecule has 3 heteroatoms. The molecule has 0 fully saturated rings. The quantitative estimate of drug-likeness (QED) is 0.806. The molecule has 1 atom stereocenters. The van der Waals surface area contributed by atoms with Crippen molar-refractivity contribution in [2.75, 3.05) is 0 Å². The van der Waals surface area contributed by atoms with Crippen LogP contribution >= 0.6 is 0 Å². The monoisotopic (exact) mass is 302 g/mol. The van der Waals surface area contributed by atoms with Gasteiger partial charge in [0.1, 0.15) is 5.75 Å². The second kappa shape index (κ2) is 7.19. The van der Waals surface area contributed by atoms with Gasteiger partial charge in [-0.25, -0.2) is 0 Å². The van der Waals surface area contributed by atoms with E-state index in [1.807, 2.05) is 0 Å². The van der Waals surface area contributed by atoms with Crippen LogP contribution in [0.4, 0.5) is 0 Å². The van der Waals surface area contributed by atoms with Crippen molar-refractivity contribution in [1.29, 1.82) is 0 Å². The minimum atomic E-state index is 0.254. The van der Waals surface area contributed by atoms with E-state index in [1.54, 1.807) is 0 Å². The highest BCUT2D eigenvalue weighted by Crippen LogP contribution is 2.30. The van der Waals surface area contributed by atoms with E-state index in [1.165, 1.54) is 22.2 Å². The van der Waals surface area contributed by atoms with Crippen molar-refractivity contribution in [2.24, 2.45) is 0 Å². The molecule has 0 aliphatic carbocycles. The highest BCUT2D eigenvalue weighted by molar-refractivity contribution is 5.87. The zero-order valence-electron chi connectivity index (χ0n) is 14.9. The lowest BCUT2D eigenvalue weighted by Gasteiger charge is -2.13. The first-order valence-electron chi connectivity index (χ1n) is 8.49. The van der Waals surface area contributed by atoms with E-state index in [-0.39, 0.29) is 6.10 Å². The number of benzene rings is 1. The van der Waals surface area contributed by atoms with E-state index in [0.29, 0.717) is 6.04 Å². The van der Waals surface area contributed by atoms with Crippen LogP contribution in [0.1, 0.15) is 52.3 Å². The van der Waals surface area contributed by atoms with Gasteiger partial charge in [0.05, 0.1) is 6.10 Å². The average molecular weight is 302 g/mol. The lowest BCUT2D eigenvalue weighted by Crippen LogP contribution is -2.22. The minimum absolute atomic E-state index is 0.254. The third-order valence-electron chi connectivity index (χ3n) is 4.34. The van der Waals surface area contributed by atoms with Crippen LogP contribution in [-0.2, 0) is 13.1 Å². The van der Waals surface area contributed by atoms with Crippen LogP contribution < -0.4 is 10.1 Å². The number of aryl methyl sites for hydroxylation is 1. The smallest absolute Gasteiger partial charge is 0.120 e. The summed E-state index contributed by atoms with van der Waals surface area (Å²) < 4.78 is 8.39. The molecule has 0 saturated carbocycles. The Bertz CT molecular complexity index is 628. The van der Waals surface area contributed by atoms with Gasteiger partial charge in [0.15, 0.2) is 0 Å². The Morgan fingerprint density at radius 1 is 1.18 bits per heavy atom. The van der Waals surface area contributed by atoms with Crippen LogP contribution in [0.5, 0.6) is 5.75 Å². The number of nitrogens with one attached hydrogen (secondary N) is 1. The molecule has 0 amide bonds. The van der Waals surface area contributed by atoms with Gasteiger partial charge in [0.25, 0.3) is 0 Å². The minimum Gasteiger partial charge on any atom is -0.491 e. The predicted molar refractivity (Wildman–Crippen MR) is 94.7 cm³/mol. The van der Waals surface area contributed by atoms with Gasteiger partial charge in [-0.3, -0.25) is 0 Å². The molecule has 1 unspecified atom stereocenters. The van der Waals surface area contributed by atoms with Crippen LogP contribution in [0.3, 0.4) is 0 Å². The molecule has 0 bridgehead atoms. The molecule has 1 N–H and O–H groups in total. The summed E-state index contributed by atoms with van der Waals surface area (Å²) in [5.74, 6) is 0.973. The summed E-state index contributed by atoms with van der Waals surface area (Å²) in [5, 5.41) is 4.86. The van der Waals surface area contributed by atoms with Crippen LogP contribution in [0.2, 0.25) is 0 Å². The Hall–Kier alpha value is -1.48. The number of ether oxygens (including phenoxy) is 1. The number of hydrogen-bond acceptors (Lipinski definition) is 2. The second-order valence-electron chi connectivity index (χ2n) is 6.36. The summed E-state index contributed by atoms with van der Waals surface area (Å²) in [6.45, 7) is 15.0. The third kappa shape index (κ3) is 3.46. The van der Waals surface area contributed by atoms with Gasteiger partial charge in [-0.15, -0.1) is 0 Å². The van der Waals surface area contributed by atoms with Gasteiger partial charge < -0.3 is 14.6 Å². The molecular formula is C19H30N2O. The Balaban J connectivity index is 2.45. The zero-order valence-corrected chi connectivity index (χ0v) is 14.9. The van der Waals surface area contributed by atoms with E-state index < -0.39 is 0 Å². The molecule has 1 heterocycles. The van der Waals surface area contributed by atoms with E-state index in [2.05, 4.69) is 69.6 Å². The summed E-state index contributed by atoms with van der Waals surface area (Å²) in [6, 6.07) is 6.99. The molecule has 0 radical (unpaired) electrons. The van der Waals surface area contributed by atoms with Gasteiger partial charge in [0, 0.05) is 35.7 Å². The summed E-state index contributed by atoms with van der Waals surface area (Å²) >= 11 is 0. The van der Waals surface area contributed by atoms with Crippen molar-refractivity contribution < 1.29 is 4.74 Å². The van der Waals surface area contributed by atoms with Crippen molar-refractivity contribution >= 4 is 10.9 Å². The highest BCUT2D eigenvalue weighted by atomic mass is 16.5. The summed E-state index contributed by atoms with van der Waals surface area (Å²) in [7, 11) is 0. The Kier molecular flexibility index (Phi) is 5.52. The fourth-order valence-electron chi connectivity index (χ4n) is 2.86. The Labute approximate surface area is 134 Å². The molecular weight excluding hydrogens is 272 g/mol. The van der Waals surface area contributed by atoms with Gasteiger partial charge in [0.2, 0.25) is 0 Å². The molecule has 2 aromatic rings. The summed E-state index contributed by atoms with van der Waals surface area (Å²) in [6.07, 6.45) is 1.28. The van der Waals surface area contributed by atoms with E-state index in [9.17, 15) is 0 Å². The normalized spacial score (nSPS) is 13.0. The average Bonchev–Trinajstić information content (AvgIpc) is 2.75. The van der Waals surface area contributed by atoms with Crippen LogP contribution in [0.25, 0.3) is 10.9 Å². The zero-order chi connectivity index (χ0) is 16.3. The molecule has 0 spiro atoms. The molecule has 2 rings (SSSR count). The number of aromatic nitrogens is 1. The van der Waals surface area contributed by atoms with Gasteiger partial charge >= 0.3 is 0 Å². The topological polar surface area (TPSA) is 26.2 Å². The fraction of sp³-hybridized carbons (Fsp3) is 0.579. The van der Waals surface area contributed by atoms with Crippen molar-refractivity contribution in [2.45, 2.75) is 73.2 Å². The number of nitrogens with zero attached hydrogens (tertiary/aromatic N) is 1. The van der Waals surface area contributed by atoms with Crippen molar-refractivity contribution in [1.82, 2.24) is 9.88 Å². The molecule has 122 valence electrons. The van der Waals surface area contributed by atoms with Crippen molar-refractivity contribution in [3.05, 3.63) is 29.5 Å². The molecule has 0 aliphatic rings. The van der Waals surface area contributed by atoms with Gasteiger partial charge in [-0.05, 0) is 51.0 Å². The largest absolute Gasteiger partial charge is 0.491 e. The number of hydrogen-bond donors (Lipinski definition) is 1. The number of rotatable bonds is 7. The standard InChI is InChI=1S/C19H30N2O/c1-7-14(5)22-16-9-10-19-17(11-16)18(12-20-13(3)4)15(6)21(19)8-2/h9-11,13-14,20H,7-8,12H2,1-6H3. The van der Waals surface area contributed by atoms with Crippen molar-refractivity contribution in [3.8, 4) is 5.75 Å². The van der Waals surface area contributed by atoms with Gasteiger partial charge in [-0.2, -0.15) is 0 Å². The maximum Gasteiger partial charge on any atom is 0.120 e. The molecule has 22 heavy (non-hydrogen) atoms. The van der Waals surface area contributed by atoms with Crippen LogP contribution in [-0.4, -0.2) is 16.7 Å². The van der Waals surface area contributed by atoms with Gasteiger partial charge in [-0.1, -0.05) is 20.8 Å². The molecule has 0 aliphatic heterocycles. The molecule has 3 nitrogen and oxygen atoms in total. The number of fused-ring (bicyclic) bond motifs is 1. The molecule has 0 saturated heterocycles. The Morgan fingerprint density at radius 3 is 2.50 bits per heavy atom.